The molecule has 1 aromatic rings. The third kappa shape index (κ3) is 2.71. The van der Waals surface area contributed by atoms with Gasteiger partial charge in [-0.1, -0.05) is 11.6 Å². The molecule has 0 radical (unpaired) electrons. The molecule has 0 saturated heterocycles. The number of nitriles is 1. The monoisotopic (exact) mass is 254 g/mol. The molecule has 0 spiro atoms. The zero-order valence-electron chi connectivity index (χ0n) is 8.77. The van der Waals surface area contributed by atoms with E-state index < -0.39 is 16.6 Å². The van der Waals surface area contributed by atoms with Crippen molar-refractivity contribution in [2.75, 3.05) is 7.11 Å². The fraction of sp³-hybridized carbons (Fsp3) is 0.200. The smallest absolute Gasteiger partial charge is 0.310 e. The summed E-state index contributed by atoms with van der Waals surface area (Å²) in [5.41, 5.74) is -0.605. The maximum atomic E-state index is 11.1. The van der Waals surface area contributed by atoms with Crippen molar-refractivity contribution in [3.8, 4) is 6.07 Å². The molecule has 0 aliphatic heterocycles. The van der Waals surface area contributed by atoms with Crippen LogP contribution in [0.5, 0.6) is 0 Å². The third-order valence-electron chi connectivity index (χ3n) is 2.08. The number of halogens is 1. The van der Waals surface area contributed by atoms with E-state index in [1.54, 1.807) is 6.07 Å². The average Bonchev–Trinajstić information content (AvgIpc) is 2.30. The lowest BCUT2D eigenvalue weighted by molar-refractivity contribution is -0.385. The molecule has 6 nitrogen and oxygen atoms in total. The molecule has 0 saturated carbocycles. The first-order valence-corrected chi connectivity index (χ1v) is 4.81. The van der Waals surface area contributed by atoms with Crippen LogP contribution in [-0.4, -0.2) is 18.0 Å². The summed E-state index contributed by atoms with van der Waals surface area (Å²) in [5, 5.41) is 19.7. The molecule has 0 aliphatic rings. The van der Waals surface area contributed by atoms with Crippen LogP contribution in [0, 0.1) is 21.4 Å². The molecule has 17 heavy (non-hydrogen) atoms. The zero-order chi connectivity index (χ0) is 13.0. The number of benzene rings is 1. The van der Waals surface area contributed by atoms with Crippen LogP contribution in [0.3, 0.4) is 0 Å². The van der Waals surface area contributed by atoms with Crippen molar-refractivity contribution in [2.24, 2.45) is 0 Å². The summed E-state index contributed by atoms with van der Waals surface area (Å²) >= 11 is 5.78. The van der Waals surface area contributed by atoms with Gasteiger partial charge in [-0.25, -0.2) is 0 Å². The minimum absolute atomic E-state index is 0.0115. The summed E-state index contributed by atoms with van der Waals surface area (Å²) in [4.78, 5) is 21.3. The minimum Gasteiger partial charge on any atom is -0.469 e. The molecule has 0 atom stereocenters. The summed E-state index contributed by atoms with van der Waals surface area (Å²) in [7, 11) is 1.16. The first kappa shape index (κ1) is 12.9. The Morgan fingerprint density at radius 1 is 1.65 bits per heavy atom. The topological polar surface area (TPSA) is 93.2 Å². The summed E-state index contributed by atoms with van der Waals surface area (Å²) in [5.74, 6) is -0.662. The van der Waals surface area contributed by atoms with Gasteiger partial charge in [0, 0.05) is 0 Å². The minimum atomic E-state index is -0.733. The van der Waals surface area contributed by atoms with Gasteiger partial charge < -0.3 is 4.74 Å². The molecule has 7 heteroatoms. The lowest BCUT2D eigenvalue weighted by Crippen LogP contribution is -2.08. The van der Waals surface area contributed by atoms with Crippen LogP contribution in [0.1, 0.15) is 11.1 Å². The number of carbonyl (C=O) groups excluding carboxylic acids is 1. The van der Waals surface area contributed by atoms with Gasteiger partial charge in [0.15, 0.2) is 0 Å². The van der Waals surface area contributed by atoms with E-state index in [9.17, 15) is 14.9 Å². The second kappa shape index (κ2) is 5.27. The van der Waals surface area contributed by atoms with Crippen LogP contribution in [0.4, 0.5) is 5.69 Å². The molecule has 0 bridgehead atoms. The largest absolute Gasteiger partial charge is 0.469 e. The second-order valence-electron chi connectivity index (χ2n) is 3.04. The maximum absolute atomic E-state index is 11.1. The summed E-state index contributed by atoms with van der Waals surface area (Å²) in [6.45, 7) is 0. The quantitative estimate of drug-likeness (QED) is 0.466. The number of nitro groups is 1. The van der Waals surface area contributed by atoms with Gasteiger partial charge in [0.25, 0.3) is 5.69 Å². The number of carbonyl (C=O) groups is 1. The van der Waals surface area contributed by atoms with Gasteiger partial charge in [-0.05, 0) is 12.1 Å². The van der Waals surface area contributed by atoms with Gasteiger partial charge in [0.1, 0.15) is 11.6 Å². The first-order valence-electron chi connectivity index (χ1n) is 4.44. The Labute approximate surface area is 102 Å². The highest BCUT2D eigenvalue weighted by atomic mass is 35.5. The molecule has 1 aromatic carbocycles. The van der Waals surface area contributed by atoms with E-state index in [4.69, 9.17) is 16.9 Å². The maximum Gasteiger partial charge on any atom is 0.310 e. The van der Waals surface area contributed by atoms with Crippen molar-refractivity contribution in [3.63, 3.8) is 0 Å². The van der Waals surface area contributed by atoms with E-state index in [0.29, 0.717) is 0 Å². The molecule has 0 amide bonds. The van der Waals surface area contributed by atoms with Crippen molar-refractivity contribution in [1.82, 2.24) is 0 Å². The lowest BCUT2D eigenvalue weighted by atomic mass is 10.1. The number of hydrogen-bond acceptors (Lipinski definition) is 5. The molecular weight excluding hydrogens is 248 g/mol. The van der Waals surface area contributed by atoms with Gasteiger partial charge in [0.05, 0.1) is 29.0 Å². The van der Waals surface area contributed by atoms with Gasteiger partial charge in [-0.15, -0.1) is 0 Å². The van der Waals surface area contributed by atoms with Gasteiger partial charge in [0.2, 0.25) is 0 Å². The molecule has 0 fully saturated rings. The highest BCUT2D eigenvalue weighted by Gasteiger charge is 2.24. The van der Waals surface area contributed by atoms with Crippen LogP contribution >= 0.6 is 11.6 Å². The predicted octanol–water partition coefficient (Wildman–Crippen LogP) is 1.84. The fourth-order valence-electron chi connectivity index (χ4n) is 1.30. The van der Waals surface area contributed by atoms with Gasteiger partial charge in [-0.3, -0.25) is 14.9 Å². The summed E-state index contributed by atoms with van der Waals surface area (Å²) < 4.78 is 4.41. The first-order chi connectivity index (χ1) is 8.01. The Morgan fingerprint density at radius 3 is 2.76 bits per heavy atom. The van der Waals surface area contributed by atoms with E-state index in [-0.39, 0.29) is 22.6 Å². The van der Waals surface area contributed by atoms with Crippen molar-refractivity contribution in [2.45, 2.75) is 6.42 Å². The SMILES string of the molecule is COC(=O)Cc1c(Cl)ccc(C#N)c1[N+](=O)[O-]. The van der Waals surface area contributed by atoms with Crippen molar-refractivity contribution in [1.29, 1.82) is 5.26 Å². The van der Waals surface area contributed by atoms with Crippen LogP contribution in [0.25, 0.3) is 0 Å². The van der Waals surface area contributed by atoms with Crippen LogP contribution in [0.15, 0.2) is 12.1 Å². The predicted molar refractivity (Wildman–Crippen MR) is 58.5 cm³/mol. The van der Waals surface area contributed by atoms with E-state index in [1.807, 2.05) is 0 Å². The Balaban J connectivity index is 3.40. The number of nitro benzene ring substituents is 1. The average molecular weight is 255 g/mol. The van der Waals surface area contributed by atoms with E-state index in [2.05, 4.69) is 4.74 Å². The second-order valence-corrected chi connectivity index (χ2v) is 3.45. The standard InChI is InChI=1S/C10H7ClN2O4/c1-17-9(14)4-7-8(11)3-2-6(5-12)10(7)13(15)16/h2-3H,4H2,1H3. The molecule has 0 heterocycles. The number of ether oxygens (including phenoxy) is 1. The molecule has 0 aliphatic carbocycles. The highest BCUT2D eigenvalue weighted by molar-refractivity contribution is 6.32. The fourth-order valence-corrected chi connectivity index (χ4v) is 1.51. The Bertz CT molecular complexity index is 522. The van der Waals surface area contributed by atoms with E-state index in [1.165, 1.54) is 12.1 Å². The Hall–Kier alpha value is -2.13. The highest BCUT2D eigenvalue weighted by Crippen LogP contribution is 2.30. The number of methoxy groups -OCH3 is 1. The van der Waals surface area contributed by atoms with E-state index >= 15 is 0 Å². The van der Waals surface area contributed by atoms with Crippen LogP contribution < -0.4 is 0 Å². The molecule has 0 aromatic heterocycles. The van der Waals surface area contributed by atoms with Crippen molar-refractivity contribution < 1.29 is 14.5 Å². The molecular formula is C10H7ClN2O4. The van der Waals surface area contributed by atoms with Gasteiger partial charge >= 0.3 is 5.97 Å². The van der Waals surface area contributed by atoms with Gasteiger partial charge in [-0.2, -0.15) is 5.26 Å². The Kier molecular flexibility index (Phi) is 4.01. The summed E-state index contributed by atoms with van der Waals surface area (Å²) in [6, 6.07) is 4.26. The van der Waals surface area contributed by atoms with Crippen molar-refractivity contribution >= 4 is 23.3 Å². The number of nitrogens with zero attached hydrogens (tertiary/aromatic N) is 2. The molecule has 1 rings (SSSR count). The molecule has 0 N–H and O–H groups in total. The third-order valence-corrected chi connectivity index (χ3v) is 2.43. The van der Waals surface area contributed by atoms with Crippen LogP contribution in [-0.2, 0) is 16.0 Å². The molecule has 88 valence electrons. The normalized spacial score (nSPS) is 9.47. The van der Waals surface area contributed by atoms with Crippen molar-refractivity contribution in [3.05, 3.63) is 38.4 Å². The number of esters is 1. The number of rotatable bonds is 3. The molecule has 0 unspecified atom stereocenters. The lowest BCUT2D eigenvalue weighted by Gasteiger charge is -2.05. The Morgan fingerprint density at radius 2 is 2.29 bits per heavy atom. The zero-order valence-corrected chi connectivity index (χ0v) is 9.52. The summed E-state index contributed by atoms with van der Waals surface area (Å²) in [6.07, 6.45) is -0.346. The van der Waals surface area contributed by atoms with Crippen LogP contribution in [0.2, 0.25) is 5.02 Å². The van der Waals surface area contributed by atoms with E-state index in [0.717, 1.165) is 7.11 Å². The number of hydrogen-bond donors (Lipinski definition) is 0.